The summed E-state index contributed by atoms with van der Waals surface area (Å²) in [6, 6.07) is 0. The first-order valence-corrected chi connectivity index (χ1v) is 5.52. The topological polar surface area (TPSA) is 38.5 Å². The van der Waals surface area contributed by atoms with Crippen LogP contribution in [0.15, 0.2) is 0 Å². The van der Waals surface area contributed by atoms with Crippen LogP contribution in [-0.4, -0.2) is 54.8 Å². The van der Waals surface area contributed by atoms with Gasteiger partial charge in [0.1, 0.15) is 0 Å². The number of rotatable bonds is 3. The Balaban J connectivity index is 1.85. The largest absolute Gasteiger partial charge is 0.379 e. The molecule has 0 amide bonds. The molecule has 0 atom stereocenters. The lowest BCUT2D eigenvalue weighted by Gasteiger charge is -2.55. The normalized spacial score (nSPS) is 29.5. The molecule has 4 heteroatoms. The first-order chi connectivity index (χ1) is 5.80. The smallest absolute Gasteiger partial charge is 0.0825 e. The average Bonchev–Trinajstić information content (AvgIpc) is 1.92. The molecule has 2 aliphatic rings. The van der Waals surface area contributed by atoms with Gasteiger partial charge in [0.2, 0.25) is 0 Å². The van der Waals surface area contributed by atoms with Gasteiger partial charge in [-0.3, -0.25) is 4.90 Å². The van der Waals surface area contributed by atoms with Crippen molar-refractivity contribution in [3.8, 4) is 0 Å². The van der Waals surface area contributed by atoms with Crippen molar-refractivity contribution in [2.24, 2.45) is 5.73 Å². The number of likely N-dealkylation sites (tertiary alicyclic amines) is 1. The van der Waals surface area contributed by atoms with Crippen molar-refractivity contribution in [2.45, 2.75) is 11.6 Å². The molecule has 12 heavy (non-hydrogen) atoms. The van der Waals surface area contributed by atoms with E-state index in [4.69, 9.17) is 10.5 Å². The Kier molecular flexibility index (Phi) is 2.33. The van der Waals surface area contributed by atoms with Crippen LogP contribution in [0.5, 0.6) is 0 Å². The number of thioether (sulfide) groups is 1. The van der Waals surface area contributed by atoms with E-state index in [1.165, 1.54) is 11.5 Å². The highest BCUT2D eigenvalue weighted by molar-refractivity contribution is 8.00. The number of ether oxygens (including phenoxy) is 1. The molecule has 0 saturated carbocycles. The van der Waals surface area contributed by atoms with Crippen LogP contribution in [0.25, 0.3) is 0 Å². The standard InChI is InChI=1S/C8H16N2OS/c1-11-7-2-10(3-7)8(4-9)5-12-6-8/h7H,2-6,9H2,1H3. The van der Waals surface area contributed by atoms with Crippen LogP contribution in [0.3, 0.4) is 0 Å². The zero-order chi connectivity index (χ0) is 8.60. The van der Waals surface area contributed by atoms with E-state index in [1.807, 2.05) is 11.8 Å². The van der Waals surface area contributed by atoms with Crippen molar-refractivity contribution in [1.29, 1.82) is 0 Å². The van der Waals surface area contributed by atoms with Crippen molar-refractivity contribution in [3.05, 3.63) is 0 Å². The number of nitrogens with zero attached hydrogens (tertiary/aromatic N) is 1. The molecule has 0 bridgehead atoms. The van der Waals surface area contributed by atoms with Crippen LogP contribution in [0.1, 0.15) is 0 Å². The summed E-state index contributed by atoms with van der Waals surface area (Å²) in [5.74, 6) is 2.42. The van der Waals surface area contributed by atoms with Crippen molar-refractivity contribution < 1.29 is 4.74 Å². The van der Waals surface area contributed by atoms with Gasteiger partial charge in [-0.05, 0) is 0 Å². The summed E-state index contributed by atoms with van der Waals surface area (Å²) < 4.78 is 5.24. The molecule has 2 heterocycles. The Morgan fingerprint density at radius 3 is 2.58 bits per heavy atom. The third-order valence-corrected chi connectivity index (χ3v) is 4.46. The molecule has 2 rings (SSSR count). The molecular formula is C8H16N2OS. The van der Waals surface area contributed by atoms with Crippen molar-refractivity contribution in [1.82, 2.24) is 4.90 Å². The predicted octanol–water partition coefficient (Wildman–Crippen LogP) is -0.239. The number of hydrogen-bond donors (Lipinski definition) is 1. The van der Waals surface area contributed by atoms with Crippen LogP contribution < -0.4 is 5.73 Å². The van der Waals surface area contributed by atoms with Crippen LogP contribution in [-0.2, 0) is 4.74 Å². The molecule has 0 spiro atoms. The zero-order valence-corrected chi connectivity index (χ0v) is 8.27. The summed E-state index contributed by atoms with van der Waals surface area (Å²) in [6.45, 7) is 2.96. The Morgan fingerprint density at radius 2 is 2.25 bits per heavy atom. The summed E-state index contributed by atoms with van der Waals surface area (Å²) in [4.78, 5) is 2.47. The van der Waals surface area contributed by atoms with Gasteiger partial charge in [-0.1, -0.05) is 0 Å². The fourth-order valence-corrected chi connectivity index (χ4v) is 3.02. The van der Waals surface area contributed by atoms with Crippen LogP contribution in [0.4, 0.5) is 0 Å². The Bertz CT molecular complexity index is 161. The minimum Gasteiger partial charge on any atom is -0.379 e. The maximum atomic E-state index is 5.77. The molecule has 2 saturated heterocycles. The molecule has 0 aromatic carbocycles. The third kappa shape index (κ3) is 1.18. The van der Waals surface area contributed by atoms with Gasteiger partial charge < -0.3 is 10.5 Å². The highest BCUT2D eigenvalue weighted by Gasteiger charge is 2.47. The molecule has 3 nitrogen and oxygen atoms in total. The highest BCUT2D eigenvalue weighted by atomic mass is 32.2. The summed E-state index contributed by atoms with van der Waals surface area (Å²) in [5.41, 5.74) is 6.10. The van der Waals surface area contributed by atoms with Crippen LogP contribution in [0, 0.1) is 0 Å². The second-order valence-corrected chi connectivity index (χ2v) is 4.67. The maximum absolute atomic E-state index is 5.77. The Labute approximate surface area is 77.6 Å². The fourth-order valence-electron chi connectivity index (χ4n) is 1.74. The SMILES string of the molecule is COC1CN(C2(CN)CSC2)C1. The van der Waals surface area contributed by atoms with Gasteiger partial charge in [0.25, 0.3) is 0 Å². The van der Waals surface area contributed by atoms with E-state index >= 15 is 0 Å². The molecule has 70 valence electrons. The summed E-state index contributed by atoms with van der Waals surface area (Å²) in [6.07, 6.45) is 0.457. The molecule has 2 aliphatic heterocycles. The molecule has 0 aromatic rings. The lowest BCUT2D eigenvalue weighted by atomic mass is 9.95. The molecule has 2 N–H and O–H groups in total. The molecule has 2 fully saturated rings. The van der Waals surface area contributed by atoms with Gasteiger partial charge in [-0.15, -0.1) is 0 Å². The maximum Gasteiger partial charge on any atom is 0.0825 e. The van der Waals surface area contributed by atoms with E-state index in [-0.39, 0.29) is 0 Å². The van der Waals surface area contributed by atoms with Crippen molar-refractivity contribution in [3.63, 3.8) is 0 Å². The van der Waals surface area contributed by atoms with E-state index in [0.29, 0.717) is 11.6 Å². The van der Waals surface area contributed by atoms with Gasteiger partial charge in [0.05, 0.1) is 11.6 Å². The minimum absolute atomic E-state index is 0.333. The van der Waals surface area contributed by atoms with E-state index < -0.39 is 0 Å². The highest BCUT2D eigenvalue weighted by Crippen LogP contribution is 2.37. The predicted molar refractivity (Wildman–Crippen MR) is 51.5 cm³/mol. The van der Waals surface area contributed by atoms with Gasteiger partial charge in [0.15, 0.2) is 0 Å². The van der Waals surface area contributed by atoms with Gasteiger partial charge in [0, 0.05) is 38.2 Å². The van der Waals surface area contributed by atoms with E-state index in [1.54, 1.807) is 7.11 Å². The van der Waals surface area contributed by atoms with E-state index in [2.05, 4.69) is 4.90 Å². The zero-order valence-electron chi connectivity index (χ0n) is 7.45. The molecule has 0 radical (unpaired) electrons. The lowest BCUT2D eigenvalue weighted by Crippen LogP contribution is -2.70. The summed E-state index contributed by atoms with van der Waals surface area (Å²) in [5, 5.41) is 0. The first-order valence-electron chi connectivity index (χ1n) is 4.36. The van der Waals surface area contributed by atoms with Crippen molar-refractivity contribution in [2.75, 3.05) is 38.2 Å². The van der Waals surface area contributed by atoms with E-state index in [0.717, 1.165) is 19.6 Å². The number of hydrogen-bond acceptors (Lipinski definition) is 4. The molecular weight excluding hydrogens is 172 g/mol. The average molecular weight is 188 g/mol. The van der Waals surface area contributed by atoms with Crippen LogP contribution >= 0.6 is 11.8 Å². The summed E-state index contributed by atoms with van der Waals surface area (Å²) in [7, 11) is 1.78. The van der Waals surface area contributed by atoms with Gasteiger partial charge in [-0.25, -0.2) is 0 Å². The third-order valence-electron chi connectivity index (χ3n) is 2.97. The minimum atomic E-state index is 0.333. The second kappa shape index (κ2) is 3.18. The van der Waals surface area contributed by atoms with Crippen LogP contribution in [0.2, 0.25) is 0 Å². The van der Waals surface area contributed by atoms with Gasteiger partial charge in [-0.2, -0.15) is 11.8 Å². The van der Waals surface area contributed by atoms with Gasteiger partial charge >= 0.3 is 0 Å². The number of methoxy groups -OCH3 is 1. The van der Waals surface area contributed by atoms with Crippen molar-refractivity contribution >= 4 is 11.8 Å². The molecule has 0 unspecified atom stereocenters. The monoisotopic (exact) mass is 188 g/mol. The molecule has 0 aromatic heterocycles. The summed E-state index contributed by atoms with van der Waals surface area (Å²) >= 11 is 1.99. The fraction of sp³-hybridized carbons (Fsp3) is 1.00. The Morgan fingerprint density at radius 1 is 1.58 bits per heavy atom. The molecule has 0 aliphatic carbocycles. The quantitative estimate of drug-likeness (QED) is 0.663. The second-order valence-electron chi connectivity index (χ2n) is 3.68. The number of nitrogens with two attached hydrogens (primary N) is 1. The van der Waals surface area contributed by atoms with E-state index in [9.17, 15) is 0 Å². The lowest BCUT2D eigenvalue weighted by molar-refractivity contribution is -0.0730. The Hall–Kier alpha value is 0.230. The first kappa shape index (κ1) is 8.81.